The number of hydrogen-bond donors (Lipinski definition) is 0. The van der Waals surface area contributed by atoms with Crippen LogP contribution in [0.3, 0.4) is 0 Å². The maximum Gasteiger partial charge on any atom is 0.227 e. The van der Waals surface area contributed by atoms with E-state index in [-0.39, 0.29) is 5.91 Å². The zero-order valence-electron chi connectivity index (χ0n) is 17.9. The Morgan fingerprint density at radius 1 is 0.844 bits per heavy atom. The number of carbonyl (C=O) groups is 1. The first-order valence-corrected chi connectivity index (χ1v) is 11.3. The van der Waals surface area contributed by atoms with E-state index in [1.807, 2.05) is 29.4 Å². The number of pyridine rings is 1. The van der Waals surface area contributed by atoms with Crippen LogP contribution >= 0.6 is 0 Å². The van der Waals surface area contributed by atoms with Gasteiger partial charge in [-0.15, -0.1) is 0 Å². The van der Waals surface area contributed by atoms with Gasteiger partial charge in [0.05, 0.1) is 0 Å². The van der Waals surface area contributed by atoms with E-state index < -0.39 is 0 Å². The lowest BCUT2D eigenvalue weighted by Gasteiger charge is -2.16. The molecule has 3 heterocycles. The summed E-state index contributed by atoms with van der Waals surface area (Å²) in [4.78, 5) is 18.4. The molecule has 0 radical (unpaired) electrons. The molecule has 0 bridgehead atoms. The van der Waals surface area contributed by atoms with Crippen LogP contribution in [0.4, 0.5) is 5.69 Å². The summed E-state index contributed by atoms with van der Waals surface area (Å²) >= 11 is 0. The van der Waals surface area contributed by atoms with Gasteiger partial charge in [-0.3, -0.25) is 9.78 Å². The minimum absolute atomic E-state index is 0.219. The maximum atomic E-state index is 12.0. The highest BCUT2D eigenvalue weighted by Crippen LogP contribution is 2.51. The van der Waals surface area contributed by atoms with Crippen LogP contribution in [0.1, 0.15) is 36.8 Å². The molecule has 1 aliphatic carbocycles. The molecule has 1 saturated heterocycles. The molecule has 2 fully saturated rings. The maximum absolute atomic E-state index is 12.0. The van der Waals surface area contributed by atoms with Gasteiger partial charge in [-0.2, -0.15) is 0 Å². The topological polar surface area (TPSA) is 38.1 Å². The number of anilines is 1. The Hall–Kier alpha value is -3.66. The van der Waals surface area contributed by atoms with Gasteiger partial charge in [-0.05, 0) is 48.2 Å². The molecule has 2 aliphatic rings. The Kier molecular flexibility index (Phi) is 4.64. The Labute approximate surface area is 188 Å². The van der Waals surface area contributed by atoms with Gasteiger partial charge < -0.3 is 9.47 Å². The SMILES string of the molecule is O=C1CCCN1c1ccc(-c2cncc(-c3ccn(C4CC4c4ccccc4)c3)c2)cc1. The summed E-state index contributed by atoms with van der Waals surface area (Å²) in [7, 11) is 0. The highest BCUT2D eigenvalue weighted by molar-refractivity contribution is 5.95. The van der Waals surface area contributed by atoms with E-state index in [0.717, 1.165) is 35.3 Å². The van der Waals surface area contributed by atoms with E-state index in [1.165, 1.54) is 17.5 Å². The molecule has 2 aromatic heterocycles. The van der Waals surface area contributed by atoms with Gasteiger partial charge in [0, 0.05) is 72.1 Å². The van der Waals surface area contributed by atoms with E-state index in [4.69, 9.17) is 0 Å². The van der Waals surface area contributed by atoms with E-state index >= 15 is 0 Å². The number of amides is 1. The minimum atomic E-state index is 0.219. The van der Waals surface area contributed by atoms with Crippen LogP contribution in [0.15, 0.2) is 91.5 Å². The average molecular weight is 420 g/mol. The molecular weight excluding hydrogens is 394 g/mol. The fraction of sp³-hybridized carbons (Fsp3) is 0.214. The molecule has 1 saturated carbocycles. The predicted molar refractivity (Wildman–Crippen MR) is 128 cm³/mol. The first kappa shape index (κ1) is 19.1. The van der Waals surface area contributed by atoms with Crippen molar-refractivity contribution in [1.29, 1.82) is 0 Å². The second-order valence-electron chi connectivity index (χ2n) is 8.83. The van der Waals surface area contributed by atoms with E-state index in [2.05, 4.69) is 76.5 Å². The molecule has 32 heavy (non-hydrogen) atoms. The minimum Gasteiger partial charge on any atom is -0.350 e. The van der Waals surface area contributed by atoms with Crippen LogP contribution in [0, 0.1) is 0 Å². The van der Waals surface area contributed by atoms with Crippen LogP contribution in [0.5, 0.6) is 0 Å². The Morgan fingerprint density at radius 3 is 2.38 bits per heavy atom. The molecule has 0 N–H and O–H groups in total. The van der Waals surface area contributed by atoms with E-state index in [9.17, 15) is 4.79 Å². The van der Waals surface area contributed by atoms with Crippen LogP contribution < -0.4 is 4.90 Å². The van der Waals surface area contributed by atoms with Crippen molar-refractivity contribution < 1.29 is 4.79 Å². The van der Waals surface area contributed by atoms with Crippen molar-refractivity contribution in [3.8, 4) is 22.3 Å². The Bertz CT molecular complexity index is 1260. The predicted octanol–water partition coefficient (Wildman–Crippen LogP) is 6.07. The van der Waals surface area contributed by atoms with Gasteiger partial charge in [0.1, 0.15) is 0 Å². The van der Waals surface area contributed by atoms with E-state index in [0.29, 0.717) is 18.4 Å². The summed E-state index contributed by atoms with van der Waals surface area (Å²) in [6.07, 6.45) is 11.1. The number of rotatable bonds is 5. The molecule has 158 valence electrons. The van der Waals surface area contributed by atoms with Gasteiger partial charge in [-0.1, -0.05) is 42.5 Å². The average Bonchev–Trinajstić information content (AvgIpc) is 3.28. The van der Waals surface area contributed by atoms with Crippen molar-refractivity contribution in [1.82, 2.24) is 9.55 Å². The third kappa shape index (κ3) is 3.52. The highest BCUT2D eigenvalue weighted by Gasteiger charge is 2.39. The molecule has 6 rings (SSSR count). The van der Waals surface area contributed by atoms with Crippen LogP contribution in [0.2, 0.25) is 0 Å². The number of hydrogen-bond acceptors (Lipinski definition) is 2. The lowest BCUT2D eigenvalue weighted by molar-refractivity contribution is -0.117. The second-order valence-corrected chi connectivity index (χ2v) is 8.83. The summed E-state index contributed by atoms with van der Waals surface area (Å²) in [5.41, 5.74) is 6.92. The number of nitrogens with zero attached hydrogens (tertiary/aromatic N) is 3. The molecule has 0 spiro atoms. The monoisotopic (exact) mass is 419 g/mol. The van der Waals surface area contributed by atoms with Crippen LogP contribution in [0.25, 0.3) is 22.3 Å². The quantitative estimate of drug-likeness (QED) is 0.394. The normalized spacial score (nSPS) is 20.0. The number of aromatic nitrogens is 2. The summed E-state index contributed by atoms with van der Waals surface area (Å²) in [5.74, 6) is 0.831. The molecule has 2 unspecified atom stereocenters. The van der Waals surface area contributed by atoms with Gasteiger partial charge in [0.15, 0.2) is 0 Å². The van der Waals surface area contributed by atoms with Gasteiger partial charge in [0.25, 0.3) is 0 Å². The molecule has 2 aromatic carbocycles. The first-order chi connectivity index (χ1) is 15.8. The van der Waals surface area contributed by atoms with Gasteiger partial charge in [-0.25, -0.2) is 0 Å². The van der Waals surface area contributed by atoms with Crippen molar-refractivity contribution in [2.75, 3.05) is 11.4 Å². The fourth-order valence-electron chi connectivity index (χ4n) is 4.87. The number of carbonyl (C=O) groups excluding carboxylic acids is 1. The molecule has 4 nitrogen and oxygen atoms in total. The highest BCUT2D eigenvalue weighted by atomic mass is 16.2. The van der Waals surface area contributed by atoms with E-state index in [1.54, 1.807) is 0 Å². The fourth-order valence-corrected chi connectivity index (χ4v) is 4.87. The van der Waals surface area contributed by atoms with Gasteiger partial charge in [0.2, 0.25) is 5.91 Å². The molecule has 1 amide bonds. The third-order valence-electron chi connectivity index (χ3n) is 6.74. The lowest BCUT2D eigenvalue weighted by Crippen LogP contribution is -2.23. The standard InChI is InChI=1S/C28H25N3O/c32-28-7-4-13-31(28)25-10-8-20(9-11-25)23-15-24(18-29-17-23)22-12-14-30(19-22)27-16-26(27)21-5-2-1-3-6-21/h1-3,5-6,8-12,14-15,17-19,26-27H,4,7,13,16H2. The summed E-state index contributed by atoms with van der Waals surface area (Å²) in [6.45, 7) is 0.818. The smallest absolute Gasteiger partial charge is 0.227 e. The summed E-state index contributed by atoms with van der Waals surface area (Å²) < 4.78 is 2.35. The van der Waals surface area contributed by atoms with Crippen molar-refractivity contribution in [2.45, 2.75) is 31.2 Å². The molecule has 1 aliphatic heterocycles. The van der Waals surface area contributed by atoms with Crippen molar-refractivity contribution >= 4 is 11.6 Å². The molecule has 4 heteroatoms. The molecule has 4 aromatic rings. The third-order valence-corrected chi connectivity index (χ3v) is 6.74. The number of benzene rings is 2. The Morgan fingerprint density at radius 2 is 1.62 bits per heavy atom. The van der Waals surface area contributed by atoms with Crippen molar-refractivity contribution in [3.05, 3.63) is 97.1 Å². The zero-order chi connectivity index (χ0) is 21.5. The lowest BCUT2D eigenvalue weighted by atomic mass is 10.0. The largest absolute Gasteiger partial charge is 0.350 e. The summed E-state index contributed by atoms with van der Waals surface area (Å²) in [5, 5.41) is 0. The molecule has 2 atom stereocenters. The van der Waals surface area contributed by atoms with Crippen molar-refractivity contribution in [2.24, 2.45) is 0 Å². The first-order valence-electron chi connectivity index (χ1n) is 11.3. The molecular formula is C28H25N3O. The zero-order valence-corrected chi connectivity index (χ0v) is 17.9. The van der Waals surface area contributed by atoms with Crippen LogP contribution in [-0.2, 0) is 4.79 Å². The van der Waals surface area contributed by atoms with Crippen molar-refractivity contribution in [3.63, 3.8) is 0 Å². The Balaban J connectivity index is 1.21. The second kappa shape index (κ2) is 7.79. The van der Waals surface area contributed by atoms with Crippen LogP contribution in [-0.4, -0.2) is 22.0 Å². The van der Waals surface area contributed by atoms with Gasteiger partial charge >= 0.3 is 0 Å². The summed E-state index contributed by atoms with van der Waals surface area (Å²) in [6, 6.07) is 24.0.